The lowest BCUT2D eigenvalue weighted by Gasteiger charge is -2.28. The summed E-state index contributed by atoms with van der Waals surface area (Å²) in [6.45, 7) is 2.22. The van der Waals surface area contributed by atoms with Crippen molar-refractivity contribution in [2.45, 2.75) is 50.0 Å². The van der Waals surface area contributed by atoms with Gasteiger partial charge in [0.2, 0.25) is 0 Å². The van der Waals surface area contributed by atoms with Crippen molar-refractivity contribution in [3.63, 3.8) is 0 Å². The van der Waals surface area contributed by atoms with Crippen molar-refractivity contribution in [2.24, 2.45) is 5.92 Å². The second-order valence-electron chi connectivity index (χ2n) is 7.10. The van der Waals surface area contributed by atoms with E-state index in [4.69, 9.17) is 0 Å². The molecule has 0 radical (unpaired) electrons. The zero-order valence-corrected chi connectivity index (χ0v) is 16.3. The van der Waals surface area contributed by atoms with Crippen LogP contribution in [0.15, 0.2) is 59.5 Å². The molecule has 6 heteroatoms. The number of carbonyl (C=O) groups is 1. The molecule has 3 rings (SSSR count). The fourth-order valence-electron chi connectivity index (χ4n) is 3.49. The van der Waals surface area contributed by atoms with Crippen LogP contribution in [0.25, 0.3) is 0 Å². The molecule has 0 bridgehead atoms. The first-order valence-corrected chi connectivity index (χ1v) is 10.9. The highest BCUT2D eigenvalue weighted by Crippen LogP contribution is 2.26. The zero-order valence-electron chi connectivity index (χ0n) is 15.5. The molecule has 0 aromatic heterocycles. The molecule has 1 amide bonds. The normalized spacial score (nSPS) is 20.0. The molecule has 1 fully saturated rings. The smallest absolute Gasteiger partial charge is 0.261 e. The number of rotatable bonds is 6. The van der Waals surface area contributed by atoms with Crippen LogP contribution in [0, 0.1) is 5.92 Å². The third-order valence-corrected chi connectivity index (χ3v) is 6.61. The molecule has 1 aliphatic carbocycles. The minimum atomic E-state index is -3.63. The van der Waals surface area contributed by atoms with Crippen LogP contribution in [0.3, 0.4) is 0 Å². The van der Waals surface area contributed by atoms with E-state index in [0.29, 0.717) is 11.3 Å². The standard InChI is InChI=1S/C21H26N2O3S/c1-2-16-8-12-18(13-9-16)22-21(24)17-10-14-19(15-11-17)23-27(25,26)20-6-4-3-5-7-20/h3-7,10-11,14-16,18,23H,2,8-9,12-13H2,1H3,(H,22,24). The Balaban J connectivity index is 1.59. The van der Waals surface area contributed by atoms with Crippen LogP contribution in [-0.2, 0) is 10.0 Å². The van der Waals surface area contributed by atoms with Gasteiger partial charge in [-0.15, -0.1) is 0 Å². The van der Waals surface area contributed by atoms with Gasteiger partial charge in [0.1, 0.15) is 0 Å². The molecule has 2 aromatic carbocycles. The minimum absolute atomic E-state index is 0.104. The number of nitrogens with one attached hydrogen (secondary N) is 2. The van der Waals surface area contributed by atoms with E-state index in [2.05, 4.69) is 17.0 Å². The summed E-state index contributed by atoms with van der Waals surface area (Å²) in [6, 6.07) is 15.0. The summed E-state index contributed by atoms with van der Waals surface area (Å²) < 4.78 is 27.2. The van der Waals surface area contributed by atoms with E-state index in [1.165, 1.54) is 31.4 Å². The first kappa shape index (κ1) is 19.4. The fourth-order valence-corrected chi connectivity index (χ4v) is 4.57. The van der Waals surface area contributed by atoms with Crippen LogP contribution >= 0.6 is 0 Å². The van der Waals surface area contributed by atoms with E-state index in [1.54, 1.807) is 42.5 Å². The van der Waals surface area contributed by atoms with E-state index in [9.17, 15) is 13.2 Å². The molecular formula is C21H26N2O3S. The van der Waals surface area contributed by atoms with Gasteiger partial charge >= 0.3 is 0 Å². The van der Waals surface area contributed by atoms with Crippen molar-refractivity contribution >= 4 is 21.6 Å². The number of hydrogen-bond acceptors (Lipinski definition) is 3. The maximum Gasteiger partial charge on any atom is 0.261 e. The Hall–Kier alpha value is -2.34. The van der Waals surface area contributed by atoms with Crippen molar-refractivity contribution in [2.75, 3.05) is 4.72 Å². The highest BCUT2D eigenvalue weighted by atomic mass is 32.2. The lowest BCUT2D eigenvalue weighted by molar-refractivity contribution is 0.0921. The Morgan fingerprint density at radius 1 is 0.963 bits per heavy atom. The van der Waals surface area contributed by atoms with Gasteiger partial charge < -0.3 is 5.32 Å². The van der Waals surface area contributed by atoms with Crippen LogP contribution in [0.5, 0.6) is 0 Å². The van der Waals surface area contributed by atoms with Gasteiger partial charge in [-0.05, 0) is 68.0 Å². The summed E-state index contributed by atoms with van der Waals surface area (Å²) in [7, 11) is -3.63. The maximum absolute atomic E-state index is 12.4. The third-order valence-electron chi connectivity index (χ3n) is 5.21. The number of amides is 1. The van der Waals surface area contributed by atoms with Gasteiger partial charge in [-0.2, -0.15) is 0 Å². The Labute approximate surface area is 161 Å². The Bertz CT molecular complexity index is 856. The summed E-state index contributed by atoms with van der Waals surface area (Å²) in [6.07, 6.45) is 5.60. The molecule has 1 saturated carbocycles. The maximum atomic E-state index is 12.4. The summed E-state index contributed by atoms with van der Waals surface area (Å²) in [5.74, 6) is 0.683. The highest BCUT2D eigenvalue weighted by Gasteiger charge is 2.21. The topological polar surface area (TPSA) is 75.3 Å². The second-order valence-corrected chi connectivity index (χ2v) is 8.78. The summed E-state index contributed by atoms with van der Waals surface area (Å²) in [4.78, 5) is 12.6. The van der Waals surface area contributed by atoms with Crippen molar-refractivity contribution in [1.29, 1.82) is 0 Å². The number of benzene rings is 2. The first-order valence-electron chi connectivity index (χ1n) is 9.46. The molecule has 1 aliphatic rings. The molecule has 5 nitrogen and oxygen atoms in total. The zero-order chi connectivity index (χ0) is 19.3. The fraction of sp³-hybridized carbons (Fsp3) is 0.381. The summed E-state index contributed by atoms with van der Waals surface area (Å²) >= 11 is 0. The largest absolute Gasteiger partial charge is 0.349 e. The molecular weight excluding hydrogens is 360 g/mol. The van der Waals surface area contributed by atoms with Crippen molar-refractivity contribution in [1.82, 2.24) is 5.32 Å². The van der Waals surface area contributed by atoms with E-state index in [-0.39, 0.29) is 16.8 Å². The lowest BCUT2D eigenvalue weighted by atomic mass is 9.84. The van der Waals surface area contributed by atoms with Crippen molar-refractivity contribution in [3.8, 4) is 0 Å². The van der Waals surface area contributed by atoms with Gasteiger partial charge in [-0.3, -0.25) is 9.52 Å². The molecule has 0 saturated heterocycles. The van der Waals surface area contributed by atoms with E-state index < -0.39 is 10.0 Å². The molecule has 0 spiro atoms. The highest BCUT2D eigenvalue weighted by molar-refractivity contribution is 7.92. The summed E-state index contributed by atoms with van der Waals surface area (Å²) in [5, 5.41) is 3.10. The summed E-state index contributed by atoms with van der Waals surface area (Å²) in [5.41, 5.74) is 0.967. The predicted octanol–water partition coefficient (Wildman–Crippen LogP) is 4.19. The quantitative estimate of drug-likeness (QED) is 0.782. The van der Waals surface area contributed by atoms with Gasteiger partial charge in [0.05, 0.1) is 4.90 Å². The number of sulfonamides is 1. The van der Waals surface area contributed by atoms with Gasteiger partial charge in [-0.25, -0.2) is 8.42 Å². The van der Waals surface area contributed by atoms with Crippen LogP contribution in [0.1, 0.15) is 49.4 Å². The van der Waals surface area contributed by atoms with Gasteiger partial charge in [0.15, 0.2) is 0 Å². The minimum Gasteiger partial charge on any atom is -0.349 e. The van der Waals surface area contributed by atoms with Crippen LogP contribution in [0.4, 0.5) is 5.69 Å². The average molecular weight is 387 g/mol. The van der Waals surface area contributed by atoms with Gasteiger partial charge in [0, 0.05) is 17.3 Å². The number of hydrogen-bond donors (Lipinski definition) is 2. The van der Waals surface area contributed by atoms with E-state index in [1.807, 2.05) is 0 Å². The number of anilines is 1. The molecule has 0 unspecified atom stereocenters. The number of carbonyl (C=O) groups excluding carboxylic acids is 1. The molecule has 0 aliphatic heterocycles. The molecule has 2 N–H and O–H groups in total. The van der Waals surface area contributed by atoms with Crippen LogP contribution < -0.4 is 10.0 Å². The second kappa shape index (κ2) is 8.57. The SMILES string of the molecule is CCC1CCC(NC(=O)c2ccc(NS(=O)(=O)c3ccccc3)cc2)CC1. The van der Waals surface area contributed by atoms with Gasteiger partial charge in [-0.1, -0.05) is 31.5 Å². The molecule has 0 heterocycles. The monoisotopic (exact) mass is 386 g/mol. The Morgan fingerprint density at radius 3 is 2.19 bits per heavy atom. The Morgan fingerprint density at radius 2 is 1.59 bits per heavy atom. The molecule has 144 valence electrons. The molecule has 0 atom stereocenters. The third kappa shape index (κ3) is 5.10. The molecule has 27 heavy (non-hydrogen) atoms. The average Bonchev–Trinajstić information content (AvgIpc) is 2.69. The van der Waals surface area contributed by atoms with Crippen LogP contribution in [0.2, 0.25) is 0 Å². The van der Waals surface area contributed by atoms with Crippen molar-refractivity contribution < 1.29 is 13.2 Å². The Kier molecular flexibility index (Phi) is 6.16. The van der Waals surface area contributed by atoms with Gasteiger partial charge in [0.25, 0.3) is 15.9 Å². The first-order chi connectivity index (χ1) is 13.0. The van der Waals surface area contributed by atoms with E-state index in [0.717, 1.165) is 18.8 Å². The predicted molar refractivity (Wildman–Crippen MR) is 107 cm³/mol. The van der Waals surface area contributed by atoms with Crippen molar-refractivity contribution in [3.05, 3.63) is 60.2 Å². The molecule has 2 aromatic rings. The van der Waals surface area contributed by atoms with E-state index >= 15 is 0 Å². The van der Waals surface area contributed by atoms with Crippen LogP contribution in [-0.4, -0.2) is 20.4 Å². The lowest BCUT2D eigenvalue weighted by Crippen LogP contribution is -2.37.